The van der Waals surface area contributed by atoms with Crippen LogP contribution in [0.4, 0.5) is 0 Å². The number of rotatable bonds is 5. The molecule has 0 bridgehead atoms. The van der Waals surface area contributed by atoms with Crippen molar-refractivity contribution in [2.75, 3.05) is 13.1 Å². The molecule has 0 unspecified atom stereocenters. The molecule has 1 aromatic rings. The van der Waals surface area contributed by atoms with Gasteiger partial charge in [-0.1, -0.05) is 19.3 Å². The molecule has 1 aliphatic carbocycles. The van der Waals surface area contributed by atoms with E-state index in [4.69, 9.17) is 0 Å². The lowest BCUT2D eigenvalue weighted by atomic mass is 10.1. The summed E-state index contributed by atoms with van der Waals surface area (Å²) in [5, 5.41) is 3.63. The highest BCUT2D eigenvalue weighted by atomic mass is 32.1. The summed E-state index contributed by atoms with van der Waals surface area (Å²) in [7, 11) is 0. The van der Waals surface area contributed by atoms with Crippen LogP contribution in [0.5, 0.6) is 0 Å². The molecule has 20 heavy (non-hydrogen) atoms. The molecule has 0 spiro atoms. The van der Waals surface area contributed by atoms with E-state index < -0.39 is 0 Å². The molecule has 0 amide bonds. The third-order valence-electron chi connectivity index (χ3n) is 4.56. The standard InChI is InChI=1S/C17H28N2S/c1-14-15(11-17(20-14)12-18-16-7-8-16)13-19-9-5-3-2-4-6-10-19/h11,16,18H,2-10,12-13H2,1H3. The summed E-state index contributed by atoms with van der Waals surface area (Å²) in [5.41, 5.74) is 1.57. The monoisotopic (exact) mass is 292 g/mol. The first-order chi connectivity index (χ1) is 9.81. The Hall–Kier alpha value is -0.380. The lowest BCUT2D eigenvalue weighted by Crippen LogP contribution is -2.26. The summed E-state index contributed by atoms with van der Waals surface area (Å²) in [5.74, 6) is 0. The molecule has 2 aliphatic rings. The van der Waals surface area contributed by atoms with E-state index in [1.54, 1.807) is 5.56 Å². The SMILES string of the molecule is Cc1sc(CNC2CC2)cc1CN1CCCCCCC1. The van der Waals surface area contributed by atoms with Gasteiger partial charge in [-0.15, -0.1) is 11.3 Å². The van der Waals surface area contributed by atoms with Crippen molar-refractivity contribution < 1.29 is 0 Å². The topological polar surface area (TPSA) is 15.3 Å². The molecule has 2 heterocycles. The van der Waals surface area contributed by atoms with E-state index in [0.29, 0.717) is 0 Å². The van der Waals surface area contributed by atoms with E-state index in [9.17, 15) is 0 Å². The predicted octanol–water partition coefficient (Wildman–Crippen LogP) is 4.07. The molecule has 1 saturated carbocycles. The minimum atomic E-state index is 0.815. The van der Waals surface area contributed by atoms with Crippen LogP contribution < -0.4 is 5.32 Å². The fourth-order valence-electron chi connectivity index (χ4n) is 3.08. The maximum Gasteiger partial charge on any atom is 0.0302 e. The van der Waals surface area contributed by atoms with Gasteiger partial charge in [0.15, 0.2) is 0 Å². The van der Waals surface area contributed by atoms with Gasteiger partial charge in [0.25, 0.3) is 0 Å². The van der Waals surface area contributed by atoms with Crippen molar-refractivity contribution in [2.45, 2.75) is 71.0 Å². The van der Waals surface area contributed by atoms with Crippen LogP contribution in [0.15, 0.2) is 6.07 Å². The summed E-state index contributed by atoms with van der Waals surface area (Å²) in [6.45, 7) is 7.14. The molecular formula is C17H28N2S. The third kappa shape index (κ3) is 4.31. The maximum atomic E-state index is 3.63. The lowest BCUT2D eigenvalue weighted by molar-refractivity contribution is 0.239. The average Bonchev–Trinajstić information content (AvgIpc) is 3.16. The van der Waals surface area contributed by atoms with Crippen LogP contribution in [0, 0.1) is 6.92 Å². The van der Waals surface area contributed by atoms with Gasteiger partial charge in [-0.3, -0.25) is 4.90 Å². The zero-order valence-corrected chi connectivity index (χ0v) is 13.6. The zero-order chi connectivity index (χ0) is 13.8. The number of hydrogen-bond donors (Lipinski definition) is 1. The minimum absolute atomic E-state index is 0.815. The van der Waals surface area contributed by atoms with Crippen molar-refractivity contribution in [3.63, 3.8) is 0 Å². The van der Waals surface area contributed by atoms with Gasteiger partial charge >= 0.3 is 0 Å². The molecule has 1 aliphatic heterocycles. The number of aryl methyl sites for hydroxylation is 1. The maximum absolute atomic E-state index is 3.63. The first-order valence-electron chi connectivity index (χ1n) is 8.35. The predicted molar refractivity (Wildman–Crippen MR) is 87.3 cm³/mol. The van der Waals surface area contributed by atoms with Crippen LogP contribution in [0.25, 0.3) is 0 Å². The molecule has 1 aromatic heterocycles. The van der Waals surface area contributed by atoms with Gasteiger partial charge in [0, 0.05) is 28.9 Å². The van der Waals surface area contributed by atoms with Crippen molar-refractivity contribution in [2.24, 2.45) is 0 Å². The Balaban J connectivity index is 1.54. The molecule has 0 atom stereocenters. The van der Waals surface area contributed by atoms with E-state index in [0.717, 1.165) is 12.6 Å². The van der Waals surface area contributed by atoms with E-state index >= 15 is 0 Å². The second-order valence-corrected chi connectivity index (χ2v) is 7.83. The Bertz CT molecular complexity index is 415. The zero-order valence-electron chi connectivity index (χ0n) is 12.8. The van der Waals surface area contributed by atoms with Crippen molar-refractivity contribution in [1.29, 1.82) is 0 Å². The van der Waals surface area contributed by atoms with Crippen molar-refractivity contribution in [3.8, 4) is 0 Å². The summed E-state index contributed by atoms with van der Waals surface area (Å²) in [6.07, 6.45) is 9.84. The molecule has 0 radical (unpaired) electrons. The van der Waals surface area contributed by atoms with Gasteiger partial charge in [0.2, 0.25) is 0 Å². The second kappa shape index (κ2) is 7.06. The summed E-state index contributed by atoms with van der Waals surface area (Å²) >= 11 is 1.99. The first-order valence-corrected chi connectivity index (χ1v) is 9.17. The van der Waals surface area contributed by atoms with Crippen LogP contribution >= 0.6 is 11.3 Å². The second-order valence-electron chi connectivity index (χ2n) is 6.49. The van der Waals surface area contributed by atoms with E-state index in [1.165, 1.54) is 74.3 Å². The van der Waals surface area contributed by atoms with Crippen LogP contribution in [-0.4, -0.2) is 24.0 Å². The van der Waals surface area contributed by atoms with Crippen molar-refractivity contribution in [3.05, 3.63) is 21.4 Å². The van der Waals surface area contributed by atoms with Gasteiger partial charge in [-0.2, -0.15) is 0 Å². The Morgan fingerprint density at radius 3 is 2.55 bits per heavy atom. The smallest absolute Gasteiger partial charge is 0.0302 e. The van der Waals surface area contributed by atoms with Crippen LogP contribution in [0.1, 0.15) is 60.3 Å². The van der Waals surface area contributed by atoms with Gasteiger partial charge in [0.05, 0.1) is 0 Å². The number of likely N-dealkylation sites (tertiary alicyclic amines) is 1. The molecule has 2 nitrogen and oxygen atoms in total. The molecule has 0 aromatic carbocycles. The Labute approximate surface area is 127 Å². The molecule has 1 saturated heterocycles. The van der Waals surface area contributed by atoms with E-state index in [-0.39, 0.29) is 0 Å². The molecule has 3 heteroatoms. The average molecular weight is 292 g/mol. The van der Waals surface area contributed by atoms with E-state index in [1.807, 2.05) is 11.3 Å². The molecule has 2 fully saturated rings. The third-order valence-corrected chi connectivity index (χ3v) is 5.65. The molecule has 3 rings (SSSR count). The first kappa shape index (κ1) is 14.6. The quantitative estimate of drug-likeness (QED) is 0.880. The Morgan fingerprint density at radius 1 is 1.15 bits per heavy atom. The van der Waals surface area contributed by atoms with Gasteiger partial charge in [0.1, 0.15) is 0 Å². The largest absolute Gasteiger partial charge is 0.309 e. The van der Waals surface area contributed by atoms with Crippen LogP contribution in [-0.2, 0) is 13.1 Å². The highest BCUT2D eigenvalue weighted by molar-refractivity contribution is 7.12. The molecule has 1 N–H and O–H groups in total. The Kier molecular flexibility index (Phi) is 5.14. The van der Waals surface area contributed by atoms with Crippen LogP contribution in [0.2, 0.25) is 0 Å². The summed E-state index contributed by atoms with van der Waals surface area (Å²) in [4.78, 5) is 5.72. The summed E-state index contributed by atoms with van der Waals surface area (Å²) < 4.78 is 0. The molecule has 112 valence electrons. The fraction of sp³-hybridized carbons (Fsp3) is 0.765. The van der Waals surface area contributed by atoms with Crippen molar-refractivity contribution in [1.82, 2.24) is 10.2 Å². The fourth-order valence-corrected chi connectivity index (χ4v) is 4.08. The number of hydrogen-bond acceptors (Lipinski definition) is 3. The highest BCUT2D eigenvalue weighted by Crippen LogP contribution is 2.25. The number of nitrogens with zero attached hydrogens (tertiary/aromatic N) is 1. The van der Waals surface area contributed by atoms with Gasteiger partial charge in [-0.05, 0) is 57.3 Å². The number of nitrogens with one attached hydrogen (secondary N) is 1. The normalized spacial score (nSPS) is 21.6. The minimum Gasteiger partial charge on any atom is -0.309 e. The lowest BCUT2D eigenvalue weighted by Gasteiger charge is -2.24. The Morgan fingerprint density at radius 2 is 1.85 bits per heavy atom. The van der Waals surface area contributed by atoms with Gasteiger partial charge < -0.3 is 5.32 Å². The van der Waals surface area contributed by atoms with Crippen LogP contribution in [0.3, 0.4) is 0 Å². The van der Waals surface area contributed by atoms with Crippen molar-refractivity contribution >= 4 is 11.3 Å². The summed E-state index contributed by atoms with van der Waals surface area (Å²) in [6, 6.07) is 3.27. The highest BCUT2D eigenvalue weighted by Gasteiger charge is 2.20. The van der Waals surface area contributed by atoms with E-state index in [2.05, 4.69) is 23.2 Å². The van der Waals surface area contributed by atoms with Gasteiger partial charge in [-0.25, -0.2) is 0 Å². The molecular weight excluding hydrogens is 264 g/mol. The number of thiophene rings is 1.